The molecule has 1 aromatic heterocycles. The summed E-state index contributed by atoms with van der Waals surface area (Å²) in [6.07, 6.45) is 0. The molecule has 1 aromatic carbocycles. The summed E-state index contributed by atoms with van der Waals surface area (Å²) in [7, 11) is 0. The van der Waals surface area contributed by atoms with E-state index in [4.69, 9.17) is 5.11 Å². The molecule has 0 aliphatic rings. The average molecular weight is 239 g/mol. The van der Waals surface area contributed by atoms with Crippen molar-refractivity contribution in [3.8, 4) is 0 Å². The van der Waals surface area contributed by atoms with E-state index in [-0.39, 0.29) is 25.2 Å². The fraction of sp³-hybridized carbons (Fsp3) is 0. The van der Waals surface area contributed by atoms with Crippen LogP contribution in [-0.4, -0.2) is 16.1 Å². The van der Waals surface area contributed by atoms with Crippen molar-refractivity contribution in [2.45, 2.75) is 0 Å². The molecule has 4 heteroatoms. The third kappa shape index (κ3) is 1.96. The van der Waals surface area contributed by atoms with Crippen LogP contribution in [0.2, 0.25) is 0 Å². The van der Waals surface area contributed by atoms with E-state index in [9.17, 15) is 4.79 Å². The van der Waals surface area contributed by atoms with E-state index in [1.807, 2.05) is 18.2 Å². The maximum absolute atomic E-state index is 10.6. The summed E-state index contributed by atoms with van der Waals surface area (Å²) < 4.78 is 0. The van der Waals surface area contributed by atoms with Crippen molar-refractivity contribution in [2.75, 3.05) is 0 Å². The summed E-state index contributed by atoms with van der Waals surface area (Å²) in [5.41, 5.74) is 0.793. The Morgan fingerprint density at radius 1 is 1.14 bits per heavy atom. The largest absolute Gasteiger partial charge is 0.477 e. The molecule has 0 amide bonds. The smallest absolute Gasteiger partial charge is 0.354 e. The van der Waals surface area contributed by atoms with Crippen LogP contribution in [0.3, 0.4) is 0 Å². The number of carbonyl (C=O) groups is 1. The van der Waals surface area contributed by atoms with Gasteiger partial charge in [-0.3, -0.25) is 0 Å². The van der Waals surface area contributed by atoms with Gasteiger partial charge in [-0.05, 0) is 12.1 Å². The molecule has 0 saturated heterocycles. The first-order valence-corrected chi connectivity index (χ1v) is 3.86. The molecule has 2 aromatic rings. The molecule has 0 bridgehead atoms. The molecule has 0 aliphatic heterocycles. The molecule has 0 radical (unpaired) electrons. The number of aromatic nitrogens is 1. The number of hydrogen-bond donors (Lipinski definition) is 1. The monoisotopic (exact) mass is 237 g/mol. The van der Waals surface area contributed by atoms with Crippen molar-refractivity contribution in [3.63, 3.8) is 0 Å². The molecular formula is C10H7NO2Zn. The molecule has 14 heavy (non-hydrogen) atoms. The maximum atomic E-state index is 10.6. The first kappa shape index (κ1) is 10.8. The van der Waals surface area contributed by atoms with Crippen LogP contribution in [0, 0.1) is 0 Å². The SMILES string of the molecule is O=C(O)c1ccc2ccccc2n1.[Zn]. The molecule has 66 valence electrons. The van der Waals surface area contributed by atoms with E-state index in [1.165, 1.54) is 6.07 Å². The minimum Gasteiger partial charge on any atom is -0.477 e. The predicted octanol–water partition coefficient (Wildman–Crippen LogP) is 1.93. The fourth-order valence-corrected chi connectivity index (χ4v) is 1.19. The Bertz CT molecular complexity index is 470. The minimum absolute atomic E-state index is 0. The van der Waals surface area contributed by atoms with Gasteiger partial charge in [0.25, 0.3) is 0 Å². The molecule has 0 saturated carbocycles. The number of aromatic carboxylic acids is 1. The second-order valence-corrected chi connectivity index (χ2v) is 2.69. The van der Waals surface area contributed by atoms with Crippen LogP contribution >= 0.6 is 0 Å². The average Bonchev–Trinajstić information content (AvgIpc) is 2.17. The summed E-state index contributed by atoms with van der Waals surface area (Å²) in [5, 5.41) is 9.63. The third-order valence-corrected chi connectivity index (χ3v) is 1.82. The van der Waals surface area contributed by atoms with Gasteiger partial charge in [0.15, 0.2) is 0 Å². The topological polar surface area (TPSA) is 50.2 Å². The first-order chi connectivity index (χ1) is 6.27. The molecule has 2 rings (SSSR count). The second-order valence-electron chi connectivity index (χ2n) is 2.69. The van der Waals surface area contributed by atoms with Crippen LogP contribution in [0.15, 0.2) is 36.4 Å². The molecule has 0 spiro atoms. The van der Waals surface area contributed by atoms with E-state index in [1.54, 1.807) is 12.1 Å². The Morgan fingerprint density at radius 2 is 1.86 bits per heavy atom. The summed E-state index contributed by atoms with van der Waals surface area (Å²) in [6.45, 7) is 0. The Balaban J connectivity index is 0.000000980. The Kier molecular flexibility index (Phi) is 3.31. The molecule has 0 fully saturated rings. The van der Waals surface area contributed by atoms with Gasteiger partial charge in [0.2, 0.25) is 0 Å². The van der Waals surface area contributed by atoms with E-state index in [0.29, 0.717) is 5.52 Å². The van der Waals surface area contributed by atoms with Gasteiger partial charge < -0.3 is 5.11 Å². The molecule has 0 aliphatic carbocycles. The van der Waals surface area contributed by atoms with E-state index < -0.39 is 5.97 Å². The normalized spacial score (nSPS) is 9.43. The summed E-state index contributed by atoms with van der Waals surface area (Å²) in [6, 6.07) is 10.7. The zero-order chi connectivity index (χ0) is 9.26. The quantitative estimate of drug-likeness (QED) is 0.773. The number of pyridine rings is 1. The van der Waals surface area contributed by atoms with Crippen LogP contribution in [0.1, 0.15) is 10.5 Å². The van der Waals surface area contributed by atoms with Crippen LogP contribution in [0.4, 0.5) is 0 Å². The molecule has 1 heterocycles. The predicted molar refractivity (Wildman–Crippen MR) is 48.7 cm³/mol. The second kappa shape index (κ2) is 4.29. The number of benzene rings is 1. The summed E-state index contributed by atoms with van der Waals surface area (Å²) in [4.78, 5) is 14.6. The van der Waals surface area contributed by atoms with Crippen molar-refractivity contribution in [2.24, 2.45) is 0 Å². The summed E-state index contributed by atoms with van der Waals surface area (Å²) >= 11 is 0. The van der Waals surface area contributed by atoms with Crippen molar-refractivity contribution in [3.05, 3.63) is 42.1 Å². The minimum atomic E-state index is -0.995. The van der Waals surface area contributed by atoms with Gasteiger partial charge in [0.1, 0.15) is 5.69 Å². The first-order valence-electron chi connectivity index (χ1n) is 3.86. The van der Waals surface area contributed by atoms with Crippen molar-refractivity contribution < 1.29 is 29.4 Å². The number of nitrogens with zero attached hydrogens (tertiary/aromatic N) is 1. The van der Waals surface area contributed by atoms with Crippen molar-refractivity contribution in [1.82, 2.24) is 4.98 Å². The number of hydrogen-bond acceptors (Lipinski definition) is 2. The van der Waals surface area contributed by atoms with Gasteiger partial charge in [0, 0.05) is 24.9 Å². The Labute approximate surface area is 93.5 Å². The van der Waals surface area contributed by atoms with Crippen LogP contribution in [0.5, 0.6) is 0 Å². The van der Waals surface area contributed by atoms with Gasteiger partial charge in [-0.25, -0.2) is 9.78 Å². The van der Waals surface area contributed by atoms with E-state index in [0.717, 1.165) is 5.39 Å². The zero-order valence-electron chi connectivity index (χ0n) is 7.47. The van der Waals surface area contributed by atoms with Gasteiger partial charge in [-0.1, -0.05) is 24.3 Å². The van der Waals surface area contributed by atoms with Crippen molar-refractivity contribution >= 4 is 16.9 Å². The fourth-order valence-electron chi connectivity index (χ4n) is 1.19. The third-order valence-electron chi connectivity index (χ3n) is 1.82. The van der Waals surface area contributed by atoms with Gasteiger partial charge in [0.05, 0.1) is 5.52 Å². The number of carboxylic acid groups (broad SMARTS) is 1. The van der Waals surface area contributed by atoms with Crippen LogP contribution in [0.25, 0.3) is 10.9 Å². The molecule has 3 nitrogen and oxygen atoms in total. The number of rotatable bonds is 1. The van der Waals surface area contributed by atoms with Gasteiger partial charge in [-0.2, -0.15) is 0 Å². The molecular weight excluding hydrogens is 232 g/mol. The van der Waals surface area contributed by atoms with Gasteiger partial charge >= 0.3 is 5.97 Å². The van der Waals surface area contributed by atoms with Crippen molar-refractivity contribution in [1.29, 1.82) is 0 Å². The zero-order valence-corrected chi connectivity index (χ0v) is 10.4. The van der Waals surface area contributed by atoms with Crippen LogP contribution < -0.4 is 0 Å². The standard InChI is InChI=1S/C10H7NO2.Zn/c12-10(13)9-6-5-7-3-1-2-4-8(7)11-9;/h1-6H,(H,12,13);. The van der Waals surface area contributed by atoms with E-state index >= 15 is 0 Å². The number of fused-ring (bicyclic) bond motifs is 1. The Morgan fingerprint density at radius 3 is 2.57 bits per heavy atom. The number of para-hydroxylation sites is 1. The van der Waals surface area contributed by atoms with Crippen LogP contribution in [-0.2, 0) is 19.5 Å². The number of carboxylic acids is 1. The molecule has 0 unspecified atom stereocenters. The molecule has 0 atom stereocenters. The summed E-state index contributed by atoms with van der Waals surface area (Å²) in [5.74, 6) is -0.995. The Hall–Kier alpha value is -1.28. The maximum Gasteiger partial charge on any atom is 0.354 e. The van der Waals surface area contributed by atoms with Gasteiger partial charge in [-0.15, -0.1) is 0 Å². The van der Waals surface area contributed by atoms with E-state index in [2.05, 4.69) is 4.98 Å². The molecule has 1 N–H and O–H groups in total.